The molecule has 0 rings (SSSR count). The smallest absolute Gasteiger partial charge is 0.0685 e. The van der Waals surface area contributed by atoms with Crippen LogP contribution in [0.3, 0.4) is 0 Å². The SMILES string of the molecule is N=NCCI. The van der Waals surface area contributed by atoms with Gasteiger partial charge in [0.2, 0.25) is 0 Å². The third-order valence-corrected chi connectivity index (χ3v) is 0.679. The monoisotopic (exact) mass is 184 g/mol. The summed E-state index contributed by atoms with van der Waals surface area (Å²) < 4.78 is 0.960. The number of nitrogens with one attached hydrogen (secondary N) is 1. The van der Waals surface area contributed by atoms with Gasteiger partial charge in [-0.05, 0) is 0 Å². The van der Waals surface area contributed by atoms with Crippen LogP contribution in [0.25, 0.3) is 0 Å². The highest BCUT2D eigenvalue weighted by atomic mass is 127. The summed E-state index contributed by atoms with van der Waals surface area (Å²) in [4.78, 5) is 0. The number of hydrogen-bond acceptors (Lipinski definition) is 2. The van der Waals surface area contributed by atoms with Gasteiger partial charge in [-0.2, -0.15) is 5.11 Å². The topological polar surface area (TPSA) is 36.2 Å². The van der Waals surface area contributed by atoms with Crippen molar-refractivity contribution >= 4 is 22.6 Å². The summed E-state index contributed by atoms with van der Waals surface area (Å²) in [6.45, 7) is 0.667. The number of hydrogen-bond donors (Lipinski definition) is 1. The van der Waals surface area contributed by atoms with Gasteiger partial charge in [0.15, 0.2) is 0 Å². The molecule has 0 aromatic rings. The first-order valence-corrected chi connectivity index (χ1v) is 2.83. The normalized spacial score (nSPS) is 7.40. The molecular weight excluding hydrogens is 179 g/mol. The lowest BCUT2D eigenvalue weighted by Crippen LogP contribution is -1.71. The fourth-order valence-corrected chi connectivity index (χ4v) is 0.283. The maximum absolute atomic E-state index is 6.22. The first-order valence-electron chi connectivity index (χ1n) is 1.31. The fourth-order valence-electron chi connectivity index (χ4n) is 0.0423. The molecule has 0 aliphatic rings. The van der Waals surface area contributed by atoms with Gasteiger partial charge in [0, 0.05) is 4.43 Å². The molecule has 0 aromatic carbocycles. The maximum atomic E-state index is 6.22. The lowest BCUT2D eigenvalue weighted by molar-refractivity contribution is 0.966. The van der Waals surface area contributed by atoms with E-state index >= 15 is 0 Å². The molecule has 0 spiro atoms. The summed E-state index contributed by atoms with van der Waals surface area (Å²) in [6, 6.07) is 0. The Balaban J connectivity index is 2.40. The Bertz CT molecular complexity index is 28.8. The Kier molecular flexibility index (Phi) is 4.62. The largest absolute Gasteiger partial charge is 0.210 e. The summed E-state index contributed by atoms with van der Waals surface area (Å²) in [7, 11) is 0. The number of nitrogens with zero attached hydrogens (tertiary/aromatic N) is 1. The molecule has 0 atom stereocenters. The zero-order chi connectivity index (χ0) is 4.12. The summed E-state index contributed by atoms with van der Waals surface area (Å²) in [6.07, 6.45) is 0. The summed E-state index contributed by atoms with van der Waals surface area (Å²) >= 11 is 2.17. The molecule has 3 heteroatoms. The summed E-state index contributed by atoms with van der Waals surface area (Å²) in [5.74, 6) is 0. The van der Waals surface area contributed by atoms with Crippen LogP contribution in [0.5, 0.6) is 0 Å². The van der Waals surface area contributed by atoms with Crippen LogP contribution in [0.15, 0.2) is 5.11 Å². The van der Waals surface area contributed by atoms with Crippen LogP contribution < -0.4 is 0 Å². The second-order valence-corrected chi connectivity index (χ2v) is 1.65. The second-order valence-electron chi connectivity index (χ2n) is 0.571. The Labute approximate surface area is 44.6 Å². The highest BCUT2D eigenvalue weighted by Crippen LogP contribution is 1.77. The molecule has 0 fully saturated rings. The van der Waals surface area contributed by atoms with Gasteiger partial charge in [0.1, 0.15) is 0 Å². The molecule has 0 amide bonds. The highest BCUT2D eigenvalue weighted by molar-refractivity contribution is 14.1. The van der Waals surface area contributed by atoms with E-state index in [1.54, 1.807) is 0 Å². The lowest BCUT2D eigenvalue weighted by Gasteiger charge is -1.70. The van der Waals surface area contributed by atoms with Gasteiger partial charge in [0.05, 0.1) is 6.54 Å². The Morgan fingerprint density at radius 3 is 2.40 bits per heavy atom. The molecule has 0 aliphatic carbocycles. The zero-order valence-electron chi connectivity index (χ0n) is 2.74. The van der Waals surface area contributed by atoms with Gasteiger partial charge < -0.3 is 0 Å². The maximum Gasteiger partial charge on any atom is 0.0685 e. The molecule has 2 nitrogen and oxygen atoms in total. The van der Waals surface area contributed by atoms with Crippen LogP contribution in [-0.2, 0) is 0 Å². The van der Waals surface area contributed by atoms with Gasteiger partial charge in [-0.1, -0.05) is 22.6 Å². The minimum absolute atomic E-state index is 0.667. The van der Waals surface area contributed by atoms with Crippen molar-refractivity contribution in [1.82, 2.24) is 0 Å². The number of rotatable bonds is 2. The van der Waals surface area contributed by atoms with Crippen molar-refractivity contribution in [2.75, 3.05) is 11.0 Å². The Morgan fingerprint density at radius 2 is 2.40 bits per heavy atom. The number of alkyl halides is 1. The van der Waals surface area contributed by atoms with Gasteiger partial charge in [-0.15, -0.1) is 0 Å². The van der Waals surface area contributed by atoms with E-state index in [1.165, 1.54) is 0 Å². The van der Waals surface area contributed by atoms with Crippen molar-refractivity contribution in [2.45, 2.75) is 0 Å². The quantitative estimate of drug-likeness (QED) is 0.383. The van der Waals surface area contributed by atoms with Crippen molar-refractivity contribution in [2.24, 2.45) is 5.11 Å². The van der Waals surface area contributed by atoms with Gasteiger partial charge in [-0.3, -0.25) is 0 Å². The van der Waals surface area contributed by atoms with E-state index < -0.39 is 0 Å². The fraction of sp³-hybridized carbons (Fsp3) is 1.00. The highest BCUT2D eigenvalue weighted by Gasteiger charge is 1.65. The van der Waals surface area contributed by atoms with E-state index in [-0.39, 0.29) is 0 Å². The van der Waals surface area contributed by atoms with E-state index in [4.69, 9.17) is 5.53 Å². The van der Waals surface area contributed by atoms with Crippen molar-refractivity contribution in [3.8, 4) is 0 Å². The van der Waals surface area contributed by atoms with Crippen molar-refractivity contribution in [3.05, 3.63) is 0 Å². The average molecular weight is 184 g/mol. The number of halogens is 1. The summed E-state index contributed by atoms with van der Waals surface area (Å²) in [5, 5.41) is 3.10. The minimum Gasteiger partial charge on any atom is -0.210 e. The second kappa shape index (κ2) is 4.33. The predicted molar refractivity (Wildman–Crippen MR) is 28.9 cm³/mol. The standard InChI is InChI=1S/C2H5IN2/c3-1-2-5-4/h4H,1-2H2. The predicted octanol–water partition coefficient (Wildman–Crippen LogP) is 1.45. The molecule has 1 N–H and O–H groups in total. The van der Waals surface area contributed by atoms with Crippen LogP contribution in [-0.4, -0.2) is 11.0 Å². The molecule has 0 heterocycles. The van der Waals surface area contributed by atoms with Gasteiger partial charge in [0.25, 0.3) is 0 Å². The molecule has 0 saturated carbocycles. The van der Waals surface area contributed by atoms with Crippen LogP contribution in [0.2, 0.25) is 0 Å². The van der Waals surface area contributed by atoms with Crippen molar-refractivity contribution < 1.29 is 0 Å². The average Bonchev–Trinajstić information content (AvgIpc) is 1.41. The van der Waals surface area contributed by atoms with Crippen molar-refractivity contribution in [3.63, 3.8) is 0 Å². The molecular formula is C2H5IN2. The molecule has 0 aromatic heterocycles. The van der Waals surface area contributed by atoms with E-state index in [9.17, 15) is 0 Å². The van der Waals surface area contributed by atoms with Gasteiger partial charge in [-0.25, -0.2) is 5.53 Å². The third kappa shape index (κ3) is 4.33. The molecule has 0 unspecified atom stereocenters. The van der Waals surface area contributed by atoms with Crippen LogP contribution in [0.1, 0.15) is 0 Å². The molecule has 30 valence electrons. The molecule has 0 bridgehead atoms. The first kappa shape index (κ1) is 5.33. The van der Waals surface area contributed by atoms with E-state index in [2.05, 4.69) is 27.7 Å². The lowest BCUT2D eigenvalue weighted by atomic mass is 10.8. The summed E-state index contributed by atoms with van der Waals surface area (Å²) in [5.41, 5.74) is 6.22. The van der Waals surface area contributed by atoms with Gasteiger partial charge >= 0.3 is 0 Å². The Morgan fingerprint density at radius 1 is 1.80 bits per heavy atom. The van der Waals surface area contributed by atoms with Crippen molar-refractivity contribution in [1.29, 1.82) is 5.53 Å². The van der Waals surface area contributed by atoms with Crippen LogP contribution in [0.4, 0.5) is 0 Å². The molecule has 0 radical (unpaired) electrons. The van der Waals surface area contributed by atoms with E-state index in [1.807, 2.05) is 0 Å². The van der Waals surface area contributed by atoms with Crippen LogP contribution >= 0.6 is 22.6 Å². The van der Waals surface area contributed by atoms with Crippen LogP contribution in [0, 0.1) is 5.53 Å². The molecule has 0 aliphatic heterocycles. The Hall–Kier alpha value is 0.330. The zero-order valence-corrected chi connectivity index (χ0v) is 4.90. The van der Waals surface area contributed by atoms with E-state index in [0.29, 0.717) is 6.54 Å². The molecule has 0 saturated heterocycles. The first-order chi connectivity index (χ1) is 2.41. The van der Waals surface area contributed by atoms with E-state index in [0.717, 1.165) is 4.43 Å². The minimum atomic E-state index is 0.667. The third-order valence-electron chi connectivity index (χ3n) is 0.196. The molecule has 5 heavy (non-hydrogen) atoms.